The van der Waals surface area contributed by atoms with Crippen molar-refractivity contribution < 1.29 is 9.52 Å². The number of aromatic nitrogens is 5. The van der Waals surface area contributed by atoms with Gasteiger partial charge in [0.15, 0.2) is 11.4 Å². The highest BCUT2D eigenvalue weighted by Crippen LogP contribution is 2.25. The van der Waals surface area contributed by atoms with E-state index in [0.29, 0.717) is 41.7 Å². The van der Waals surface area contributed by atoms with Gasteiger partial charge < -0.3 is 14.8 Å². The summed E-state index contributed by atoms with van der Waals surface area (Å²) in [4.78, 5) is 14.0. The van der Waals surface area contributed by atoms with E-state index >= 15 is 0 Å². The number of rotatable bonds is 6. The van der Waals surface area contributed by atoms with Gasteiger partial charge in [-0.1, -0.05) is 13.0 Å². The second-order valence-corrected chi connectivity index (χ2v) is 8.72. The highest BCUT2D eigenvalue weighted by molar-refractivity contribution is 5.60. The zero-order valence-electron chi connectivity index (χ0n) is 18.5. The largest absolute Gasteiger partial charge is 0.458 e. The molecule has 0 aliphatic carbocycles. The SMILES string of the molecule is CCC(O)c1cccc(Cc2cnn3c(-c4ccc(C)o4)nc(NC(C)(C)C)nc23)n1. The summed E-state index contributed by atoms with van der Waals surface area (Å²) in [6.07, 6.45) is 2.38. The number of nitrogens with zero attached hydrogens (tertiary/aromatic N) is 5. The monoisotopic (exact) mass is 420 g/mol. The van der Waals surface area contributed by atoms with Crippen LogP contribution in [0, 0.1) is 6.92 Å². The van der Waals surface area contributed by atoms with Crippen LogP contribution in [0.15, 0.2) is 40.9 Å². The third kappa shape index (κ3) is 4.59. The molecular weight excluding hydrogens is 392 g/mol. The van der Waals surface area contributed by atoms with E-state index in [-0.39, 0.29) is 5.54 Å². The van der Waals surface area contributed by atoms with E-state index in [1.165, 1.54) is 0 Å². The van der Waals surface area contributed by atoms with E-state index in [1.807, 2.05) is 44.2 Å². The molecule has 1 atom stereocenters. The maximum Gasteiger partial charge on any atom is 0.227 e. The fraction of sp³-hybridized carbons (Fsp3) is 0.391. The van der Waals surface area contributed by atoms with Crippen molar-refractivity contribution in [1.82, 2.24) is 24.6 Å². The van der Waals surface area contributed by atoms with Gasteiger partial charge in [-0.3, -0.25) is 4.98 Å². The van der Waals surface area contributed by atoms with E-state index < -0.39 is 6.10 Å². The van der Waals surface area contributed by atoms with Crippen LogP contribution in [0.3, 0.4) is 0 Å². The van der Waals surface area contributed by atoms with Gasteiger partial charge in [-0.2, -0.15) is 19.6 Å². The molecular formula is C23H28N6O2. The molecule has 0 spiro atoms. The summed E-state index contributed by atoms with van der Waals surface area (Å²) in [6, 6.07) is 9.50. The second kappa shape index (κ2) is 8.11. The minimum Gasteiger partial charge on any atom is -0.458 e. The highest BCUT2D eigenvalue weighted by atomic mass is 16.3. The summed E-state index contributed by atoms with van der Waals surface area (Å²) in [5.41, 5.74) is 2.92. The van der Waals surface area contributed by atoms with Crippen LogP contribution >= 0.6 is 0 Å². The molecule has 4 aromatic heterocycles. The molecule has 4 rings (SSSR count). The standard InChI is InChI=1S/C23H28N6O2/c1-6-18(30)17-9-7-8-16(25-17)12-15-13-24-29-20(15)26-22(28-23(3,4)5)27-21(29)19-11-10-14(2)31-19/h7-11,13,18,30H,6,12H2,1-5H3,(H,26,28). The molecule has 8 heteroatoms. The Morgan fingerprint density at radius 3 is 2.61 bits per heavy atom. The average Bonchev–Trinajstić information content (AvgIpc) is 3.32. The fourth-order valence-electron chi connectivity index (χ4n) is 3.34. The van der Waals surface area contributed by atoms with Gasteiger partial charge >= 0.3 is 0 Å². The summed E-state index contributed by atoms with van der Waals surface area (Å²) in [5.74, 6) is 2.52. The van der Waals surface area contributed by atoms with Crippen molar-refractivity contribution in [2.45, 2.75) is 59.1 Å². The maximum atomic E-state index is 10.1. The van der Waals surface area contributed by atoms with Crippen molar-refractivity contribution in [2.24, 2.45) is 0 Å². The van der Waals surface area contributed by atoms with Crippen LogP contribution in [-0.4, -0.2) is 35.2 Å². The third-order valence-corrected chi connectivity index (χ3v) is 4.82. The molecule has 0 aromatic carbocycles. The van der Waals surface area contributed by atoms with Gasteiger partial charge in [-0.15, -0.1) is 0 Å². The lowest BCUT2D eigenvalue weighted by atomic mass is 10.1. The number of hydrogen-bond acceptors (Lipinski definition) is 7. The molecule has 0 fully saturated rings. The number of pyridine rings is 1. The Labute approximate surface area is 181 Å². The van der Waals surface area contributed by atoms with E-state index in [4.69, 9.17) is 9.40 Å². The predicted molar refractivity (Wildman–Crippen MR) is 119 cm³/mol. The number of aryl methyl sites for hydroxylation is 1. The summed E-state index contributed by atoms with van der Waals surface area (Å²) >= 11 is 0. The highest BCUT2D eigenvalue weighted by Gasteiger charge is 2.20. The van der Waals surface area contributed by atoms with Crippen molar-refractivity contribution in [3.8, 4) is 11.6 Å². The Kier molecular flexibility index (Phi) is 5.49. The molecule has 4 heterocycles. The number of anilines is 1. The number of fused-ring (bicyclic) bond motifs is 1. The number of nitrogens with one attached hydrogen (secondary N) is 1. The van der Waals surface area contributed by atoms with Gasteiger partial charge in [-0.05, 0) is 58.4 Å². The molecule has 0 saturated carbocycles. The molecule has 0 bridgehead atoms. The zero-order valence-corrected chi connectivity index (χ0v) is 18.5. The smallest absolute Gasteiger partial charge is 0.227 e. The van der Waals surface area contributed by atoms with Crippen LogP contribution < -0.4 is 5.32 Å². The Bertz CT molecular complexity index is 1200. The molecule has 1 unspecified atom stereocenters. The van der Waals surface area contributed by atoms with Gasteiger partial charge in [-0.25, -0.2) is 0 Å². The fourth-order valence-corrected chi connectivity index (χ4v) is 3.34. The lowest BCUT2D eigenvalue weighted by molar-refractivity contribution is 0.168. The first-order valence-electron chi connectivity index (χ1n) is 10.5. The summed E-state index contributed by atoms with van der Waals surface area (Å²) in [6.45, 7) is 10.0. The first-order valence-corrected chi connectivity index (χ1v) is 10.5. The van der Waals surface area contributed by atoms with Gasteiger partial charge in [0.05, 0.1) is 18.0 Å². The van der Waals surface area contributed by atoms with Crippen LogP contribution in [-0.2, 0) is 6.42 Å². The van der Waals surface area contributed by atoms with Crippen LogP contribution in [0.25, 0.3) is 17.2 Å². The summed E-state index contributed by atoms with van der Waals surface area (Å²) in [7, 11) is 0. The number of aliphatic hydroxyl groups is 1. The van der Waals surface area contributed by atoms with E-state index in [2.05, 4.69) is 41.2 Å². The minimum atomic E-state index is -0.567. The van der Waals surface area contributed by atoms with Crippen molar-refractivity contribution >= 4 is 11.6 Å². The Balaban J connectivity index is 1.79. The molecule has 8 nitrogen and oxygen atoms in total. The topological polar surface area (TPSA) is 101 Å². The number of aliphatic hydroxyl groups excluding tert-OH is 1. The predicted octanol–water partition coefficient (Wildman–Crippen LogP) is 4.33. The quantitative estimate of drug-likeness (QED) is 0.479. The lowest BCUT2D eigenvalue weighted by Gasteiger charge is -2.20. The third-order valence-electron chi connectivity index (χ3n) is 4.82. The Hall–Kier alpha value is -3.26. The van der Waals surface area contributed by atoms with Crippen LogP contribution in [0.5, 0.6) is 0 Å². The van der Waals surface area contributed by atoms with Crippen molar-refractivity contribution in [1.29, 1.82) is 0 Å². The molecule has 31 heavy (non-hydrogen) atoms. The molecule has 0 radical (unpaired) electrons. The van der Waals surface area contributed by atoms with Crippen LogP contribution in [0.1, 0.15) is 62.9 Å². The average molecular weight is 421 g/mol. The molecule has 0 amide bonds. The molecule has 162 valence electrons. The van der Waals surface area contributed by atoms with E-state index in [1.54, 1.807) is 10.7 Å². The van der Waals surface area contributed by atoms with Crippen molar-refractivity contribution in [3.05, 3.63) is 59.2 Å². The molecule has 2 N–H and O–H groups in total. The number of hydrogen-bond donors (Lipinski definition) is 2. The number of furan rings is 1. The van der Waals surface area contributed by atoms with Crippen LogP contribution in [0.4, 0.5) is 5.95 Å². The Morgan fingerprint density at radius 1 is 1.13 bits per heavy atom. The molecule has 0 aliphatic heterocycles. The summed E-state index contributed by atoms with van der Waals surface area (Å²) in [5, 5.41) is 18.0. The van der Waals surface area contributed by atoms with Crippen molar-refractivity contribution in [3.63, 3.8) is 0 Å². The first-order chi connectivity index (χ1) is 14.7. The van der Waals surface area contributed by atoms with E-state index in [0.717, 1.165) is 17.0 Å². The van der Waals surface area contributed by atoms with Gasteiger partial charge in [0.1, 0.15) is 5.76 Å². The van der Waals surface area contributed by atoms with Gasteiger partial charge in [0, 0.05) is 23.2 Å². The Morgan fingerprint density at radius 2 is 1.94 bits per heavy atom. The maximum absolute atomic E-state index is 10.1. The molecule has 4 aromatic rings. The van der Waals surface area contributed by atoms with Gasteiger partial charge in [0.25, 0.3) is 0 Å². The molecule has 0 saturated heterocycles. The van der Waals surface area contributed by atoms with E-state index in [9.17, 15) is 5.11 Å². The normalized spacial score (nSPS) is 13.0. The summed E-state index contributed by atoms with van der Waals surface area (Å²) < 4.78 is 7.53. The minimum absolute atomic E-state index is 0.207. The van der Waals surface area contributed by atoms with Crippen molar-refractivity contribution in [2.75, 3.05) is 5.32 Å². The van der Waals surface area contributed by atoms with Crippen LogP contribution in [0.2, 0.25) is 0 Å². The second-order valence-electron chi connectivity index (χ2n) is 8.72. The lowest BCUT2D eigenvalue weighted by Crippen LogP contribution is -2.27. The molecule has 0 aliphatic rings. The van der Waals surface area contributed by atoms with Gasteiger partial charge in [0.2, 0.25) is 11.8 Å². The first kappa shape index (κ1) is 21.0. The zero-order chi connectivity index (χ0) is 22.2.